The van der Waals surface area contributed by atoms with Gasteiger partial charge in [-0.2, -0.15) is 0 Å². The van der Waals surface area contributed by atoms with Crippen LogP contribution in [-0.4, -0.2) is 11.8 Å². The number of hydrogen-bond acceptors (Lipinski definition) is 3. The van der Waals surface area contributed by atoms with Crippen molar-refractivity contribution in [2.45, 2.75) is 0 Å². The average Bonchev–Trinajstić information content (AvgIpc) is 2.82. The summed E-state index contributed by atoms with van der Waals surface area (Å²) in [4.78, 5) is 24.2. The second-order valence-corrected chi connectivity index (χ2v) is 4.83. The summed E-state index contributed by atoms with van der Waals surface area (Å²) in [5.74, 6) is 0.577. The van der Waals surface area contributed by atoms with Crippen LogP contribution in [0.3, 0.4) is 0 Å². The van der Waals surface area contributed by atoms with E-state index in [1.165, 1.54) is 12.2 Å². The van der Waals surface area contributed by atoms with Crippen LogP contribution in [-0.2, 0) is 9.59 Å². The van der Waals surface area contributed by atoms with E-state index in [9.17, 15) is 9.59 Å². The molecule has 0 saturated heterocycles. The van der Waals surface area contributed by atoms with Crippen LogP contribution in [0.15, 0.2) is 60.7 Å². The van der Waals surface area contributed by atoms with E-state index in [1.807, 2.05) is 0 Å². The minimum absolute atomic E-state index is 0.341. The zero-order chi connectivity index (χ0) is 14.8. The number of rotatable bonds is 3. The molecular formula is C16H10ClNO3. The van der Waals surface area contributed by atoms with Crippen molar-refractivity contribution >= 4 is 29.1 Å². The fourth-order valence-electron chi connectivity index (χ4n) is 1.96. The third-order valence-electron chi connectivity index (χ3n) is 2.95. The lowest BCUT2D eigenvalue weighted by molar-refractivity contribution is -0.119. The molecule has 1 heterocycles. The molecule has 1 aliphatic heterocycles. The first-order valence-electron chi connectivity index (χ1n) is 6.23. The second kappa shape index (κ2) is 5.42. The molecule has 0 bridgehead atoms. The molecule has 0 N–H and O–H groups in total. The lowest BCUT2D eigenvalue weighted by atomic mass is 10.2. The Morgan fingerprint density at radius 3 is 1.76 bits per heavy atom. The minimum Gasteiger partial charge on any atom is -0.457 e. The molecule has 0 aliphatic carbocycles. The molecule has 1 aliphatic rings. The predicted molar refractivity (Wildman–Crippen MR) is 79.6 cm³/mol. The smallest absolute Gasteiger partial charge is 0.258 e. The summed E-state index contributed by atoms with van der Waals surface area (Å²) in [7, 11) is 0. The van der Waals surface area contributed by atoms with E-state index in [-0.39, 0.29) is 11.8 Å². The van der Waals surface area contributed by atoms with Crippen LogP contribution < -0.4 is 9.64 Å². The van der Waals surface area contributed by atoms with Crippen LogP contribution in [0.5, 0.6) is 11.5 Å². The summed E-state index contributed by atoms with van der Waals surface area (Å²) in [6.07, 6.45) is 2.50. The molecule has 0 unspecified atom stereocenters. The van der Waals surface area contributed by atoms with Gasteiger partial charge < -0.3 is 4.74 Å². The van der Waals surface area contributed by atoms with Crippen molar-refractivity contribution in [3.05, 3.63) is 65.7 Å². The van der Waals surface area contributed by atoms with E-state index in [0.29, 0.717) is 22.2 Å². The standard InChI is InChI=1S/C16H10ClNO3/c17-11-1-5-13(6-2-11)21-14-7-3-12(4-8-14)18-15(19)9-10-16(18)20/h1-10H. The first-order valence-corrected chi connectivity index (χ1v) is 6.61. The van der Waals surface area contributed by atoms with E-state index in [2.05, 4.69) is 0 Å². The van der Waals surface area contributed by atoms with E-state index >= 15 is 0 Å². The number of carbonyl (C=O) groups is 2. The molecule has 104 valence electrons. The Kier molecular flexibility index (Phi) is 3.46. The minimum atomic E-state index is -0.341. The molecule has 0 saturated carbocycles. The first-order chi connectivity index (χ1) is 10.1. The van der Waals surface area contributed by atoms with Crippen molar-refractivity contribution < 1.29 is 14.3 Å². The molecule has 0 radical (unpaired) electrons. The summed E-state index contributed by atoms with van der Waals surface area (Å²) < 4.78 is 5.64. The maximum atomic E-state index is 11.6. The number of imide groups is 1. The molecule has 2 amide bonds. The second-order valence-electron chi connectivity index (χ2n) is 4.40. The Labute approximate surface area is 126 Å². The molecule has 3 rings (SSSR count). The molecular weight excluding hydrogens is 290 g/mol. The third-order valence-corrected chi connectivity index (χ3v) is 3.21. The zero-order valence-electron chi connectivity index (χ0n) is 10.8. The summed E-state index contributed by atoms with van der Waals surface area (Å²) >= 11 is 5.80. The van der Waals surface area contributed by atoms with E-state index in [1.54, 1.807) is 48.5 Å². The fourth-order valence-corrected chi connectivity index (χ4v) is 2.08. The van der Waals surface area contributed by atoms with Gasteiger partial charge in [0.05, 0.1) is 5.69 Å². The highest BCUT2D eigenvalue weighted by molar-refractivity contribution is 6.30. The number of hydrogen-bond donors (Lipinski definition) is 0. The van der Waals surface area contributed by atoms with Crippen LogP contribution in [0.1, 0.15) is 0 Å². The van der Waals surface area contributed by atoms with Gasteiger partial charge in [0.2, 0.25) is 0 Å². The van der Waals surface area contributed by atoms with Crippen LogP contribution in [0, 0.1) is 0 Å². The number of carbonyl (C=O) groups excluding carboxylic acids is 2. The summed E-state index contributed by atoms with van der Waals surface area (Å²) in [6, 6.07) is 13.7. The molecule has 2 aromatic rings. The topological polar surface area (TPSA) is 46.6 Å². The molecule has 0 atom stereocenters. The number of anilines is 1. The molecule has 4 nitrogen and oxygen atoms in total. The summed E-state index contributed by atoms with van der Waals surface area (Å²) in [6.45, 7) is 0. The van der Waals surface area contributed by atoms with Gasteiger partial charge in [-0.15, -0.1) is 0 Å². The van der Waals surface area contributed by atoms with Gasteiger partial charge in [-0.25, -0.2) is 4.90 Å². The summed E-state index contributed by atoms with van der Waals surface area (Å²) in [5.41, 5.74) is 0.512. The van der Waals surface area contributed by atoms with Crippen molar-refractivity contribution in [3.63, 3.8) is 0 Å². The van der Waals surface area contributed by atoms with Crippen molar-refractivity contribution in [3.8, 4) is 11.5 Å². The van der Waals surface area contributed by atoms with Crippen molar-refractivity contribution in [1.29, 1.82) is 0 Å². The Hall–Kier alpha value is -2.59. The molecule has 5 heteroatoms. The fraction of sp³-hybridized carbons (Fsp3) is 0. The normalized spacial score (nSPS) is 13.9. The third kappa shape index (κ3) is 2.80. The molecule has 0 aromatic heterocycles. The van der Waals surface area contributed by atoms with Gasteiger partial charge in [0.15, 0.2) is 0 Å². The number of nitrogens with zero attached hydrogens (tertiary/aromatic N) is 1. The van der Waals surface area contributed by atoms with Gasteiger partial charge in [0.25, 0.3) is 11.8 Å². The maximum Gasteiger partial charge on any atom is 0.258 e. The Morgan fingerprint density at radius 2 is 1.24 bits per heavy atom. The highest BCUT2D eigenvalue weighted by atomic mass is 35.5. The average molecular weight is 300 g/mol. The number of amides is 2. The zero-order valence-corrected chi connectivity index (χ0v) is 11.6. The van der Waals surface area contributed by atoms with Crippen molar-refractivity contribution in [1.82, 2.24) is 0 Å². The maximum absolute atomic E-state index is 11.6. The molecule has 21 heavy (non-hydrogen) atoms. The Balaban J connectivity index is 1.77. The largest absolute Gasteiger partial charge is 0.457 e. The van der Waals surface area contributed by atoms with E-state index < -0.39 is 0 Å². The molecule has 0 fully saturated rings. The van der Waals surface area contributed by atoms with Gasteiger partial charge >= 0.3 is 0 Å². The molecule has 0 spiro atoms. The van der Waals surface area contributed by atoms with E-state index in [4.69, 9.17) is 16.3 Å². The van der Waals surface area contributed by atoms with Gasteiger partial charge in [0, 0.05) is 17.2 Å². The molecule has 2 aromatic carbocycles. The lowest BCUT2D eigenvalue weighted by Crippen LogP contribution is -2.29. The van der Waals surface area contributed by atoms with Crippen molar-refractivity contribution in [2.24, 2.45) is 0 Å². The lowest BCUT2D eigenvalue weighted by Gasteiger charge is -2.14. The van der Waals surface area contributed by atoms with Crippen LogP contribution in [0.2, 0.25) is 5.02 Å². The number of halogens is 1. The van der Waals surface area contributed by atoms with Gasteiger partial charge in [-0.05, 0) is 48.5 Å². The van der Waals surface area contributed by atoms with Crippen LogP contribution >= 0.6 is 11.6 Å². The van der Waals surface area contributed by atoms with Crippen LogP contribution in [0.4, 0.5) is 5.69 Å². The Morgan fingerprint density at radius 1 is 0.762 bits per heavy atom. The quantitative estimate of drug-likeness (QED) is 0.814. The van der Waals surface area contributed by atoms with E-state index in [0.717, 1.165) is 4.90 Å². The van der Waals surface area contributed by atoms with Crippen LogP contribution in [0.25, 0.3) is 0 Å². The monoisotopic (exact) mass is 299 g/mol. The Bertz CT molecular complexity index is 702. The van der Waals surface area contributed by atoms with Gasteiger partial charge in [0.1, 0.15) is 11.5 Å². The SMILES string of the molecule is O=C1C=CC(=O)N1c1ccc(Oc2ccc(Cl)cc2)cc1. The van der Waals surface area contributed by atoms with Gasteiger partial charge in [-0.3, -0.25) is 9.59 Å². The summed E-state index contributed by atoms with van der Waals surface area (Å²) in [5, 5.41) is 0.635. The highest BCUT2D eigenvalue weighted by Crippen LogP contribution is 2.26. The number of benzene rings is 2. The highest BCUT2D eigenvalue weighted by Gasteiger charge is 2.24. The number of ether oxygens (including phenoxy) is 1. The predicted octanol–water partition coefficient (Wildman–Crippen LogP) is 3.56. The van der Waals surface area contributed by atoms with Crippen molar-refractivity contribution in [2.75, 3.05) is 4.90 Å². The van der Waals surface area contributed by atoms with Gasteiger partial charge in [-0.1, -0.05) is 11.6 Å². The first kappa shape index (κ1) is 13.4.